The number of hydrogen-bond donors (Lipinski definition) is 8. The third-order valence-electron chi connectivity index (χ3n) is 15.2. The largest absolute Gasteiger partial charge is 0.376 e. The lowest BCUT2D eigenvalue weighted by Gasteiger charge is -2.04. The van der Waals surface area contributed by atoms with Crippen LogP contribution in [0.4, 0.5) is 0 Å². The first kappa shape index (κ1) is 89.6. The van der Waals surface area contributed by atoms with Crippen molar-refractivity contribution in [2.75, 3.05) is 0 Å². The minimum absolute atomic E-state index is 0.0489. The molecule has 506 valence electrons. The van der Waals surface area contributed by atoms with Crippen molar-refractivity contribution in [1.82, 2.24) is 21.3 Å². The van der Waals surface area contributed by atoms with E-state index in [1.807, 2.05) is 0 Å². The summed E-state index contributed by atoms with van der Waals surface area (Å²) in [6, 6.07) is 0. The smallest absolute Gasteiger partial charge is 0.226 e. The summed E-state index contributed by atoms with van der Waals surface area (Å²) in [7, 11) is 0. The SMILES string of the molecule is CCCCCCCC/C=C/CCCCCCCC(=O)NC(N)=S.CCCCCCCCCCCCCC(=O)NC(N)=S.CCCCCCCCCCCCCCCC(=O)NC(N)=S.CCCCCCCCCCCCCCCCCC(=O)NC(N)=S. The predicted molar refractivity (Wildman–Crippen MR) is 390 cm³/mol. The first-order valence-electron chi connectivity index (χ1n) is 35.7. The van der Waals surface area contributed by atoms with Crippen LogP contribution in [0.5, 0.6) is 0 Å². The third kappa shape index (κ3) is 92.3. The third-order valence-corrected chi connectivity index (χ3v) is 15.6. The molecule has 0 aromatic carbocycles. The molecular weight excluding hydrogens is 1150 g/mol. The van der Waals surface area contributed by atoms with E-state index in [4.69, 9.17) is 22.9 Å². The van der Waals surface area contributed by atoms with Crippen molar-refractivity contribution in [1.29, 1.82) is 0 Å². The van der Waals surface area contributed by atoms with Crippen molar-refractivity contribution >= 4 is 92.9 Å². The number of allylic oxidation sites excluding steroid dienone is 2. The van der Waals surface area contributed by atoms with E-state index in [0.29, 0.717) is 25.7 Å². The Kier molecular flexibility index (Phi) is 81.6. The van der Waals surface area contributed by atoms with Crippen LogP contribution in [0.2, 0.25) is 0 Å². The van der Waals surface area contributed by atoms with E-state index in [1.165, 1.54) is 283 Å². The van der Waals surface area contributed by atoms with Crippen LogP contribution in [-0.4, -0.2) is 44.1 Å². The predicted octanol–water partition coefficient (Wildman–Crippen LogP) is 19.9. The van der Waals surface area contributed by atoms with E-state index >= 15 is 0 Å². The van der Waals surface area contributed by atoms with Crippen molar-refractivity contribution in [3.8, 4) is 0 Å². The number of rotatable bonds is 57. The van der Waals surface area contributed by atoms with Gasteiger partial charge in [0.2, 0.25) is 23.6 Å². The lowest BCUT2D eigenvalue weighted by molar-refractivity contribution is -0.120. The highest BCUT2D eigenvalue weighted by molar-refractivity contribution is 7.80. The molecule has 12 N–H and O–H groups in total. The molecule has 12 nitrogen and oxygen atoms in total. The number of hydrogen-bond acceptors (Lipinski definition) is 8. The van der Waals surface area contributed by atoms with Crippen LogP contribution in [0, 0.1) is 0 Å². The molecule has 0 saturated heterocycles. The number of unbranched alkanes of at least 4 members (excludes halogenated alkanes) is 47. The van der Waals surface area contributed by atoms with E-state index in [0.717, 1.165) is 51.4 Å². The van der Waals surface area contributed by atoms with Crippen molar-refractivity contribution in [2.24, 2.45) is 22.9 Å². The van der Waals surface area contributed by atoms with Gasteiger partial charge in [-0.15, -0.1) is 0 Å². The quantitative estimate of drug-likeness (QED) is 0.0162. The Balaban J connectivity index is -0.000000523. The zero-order valence-electron chi connectivity index (χ0n) is 56.3. The van der Waals surface area contributed by atoms with E-state index in [-0.39, 0.29) is 44.1 Å². The van der Waals surface area contributed by atoms with Crippen LogP contribution in [0.25, 0.3) is 0 Å². The molecule has 0 aliphatic rings. The van der Waals surface area contributed by atoms with Gasteiger partial charge in [0.15, 0.2) is 20.4 Å². The maximum atomic E-state index is 11.3. The summed E-state index contributed by atoms with van der Waals surface area (Å²) in [4.78, 5) is 45.1. The summed E-state index contributed by atoms with van der Waals surface area (Å²) in [5.41, 5.74) is 20.9. The second-order valence-electron chi connectivity index (χ2n) is 24.0. The van der Waals surface area contributed by atoms with E-state index in [2.05, 4.69) is 110 Å². The molecule has 0 bridgehead atoms. The van der Waals surface area contributed by atoms with Gasteiger partial charge in [-0.1, -0.05) is 322 Å². The molecule has 0 aliphatic heterocycles. The van der Waals surface area contributed by atoms with Gasteiger partial charge in [-0.25, -0.2) is 0 Å². The van der Waals surface area contributed by atoms with Crippen LogP contribution in [0.3, 0.4) is 0 Å². The van der Waals surface area contributed by atoms with E-state index < -0.39 is 0 Å². The number of carbonyl (C=O) groups excluding carboxylic acids is 4. The number of thiocarbonyl (C=S) groups is 4. The van der Waals surface area contributed by atoms with Crippen molar-refractivity contribution in [2.45, 2.75) is 387 Å². The molecule has 0 aliphatic carbocycles. The van der Waals surface area contributed by atoms with Gasteiger partial charge in [0.25, 0.3) is 0 Å². The maximum absolute atomic E-state index is 11.3. The van der Waals surface area contributed by atoms with Gasteiger partial charge in [-0.2, -0.15) is 0 Å². The molecule has 16 heteroatoms. The van der Waals surface area contributed by atoms with Crippen molar-refractivity contribution < 1.29 is 19.2 Å². The maximum Gasteiger partial charge on any atom is 0.226 e. The monoisotopic (exact) mass is 1280 g/mol. The van der Waals surface area contributed by atoms with Gasteiger partial charge in [0.1, 0.15) is 0 Å². The average molecular weight is 1280 g/mol. The topological polar surface area (TPSA) is 220 Å². The summed E-state index contributed by atoms with van der Waals surface area (Å²) >= 11 is 18.5. The molecule has 0 saturated carbocycles. The number of nitrogens with two attached hydrogens (primary N) is 4. The van der Waals surface area contributed by atoms with Crippen molar-refractivity contribution in [3.05, 3.63) is 12.2 Å². The summed E-state index contributed by atoms with van der Waals surface area (Å²) in [5, 5.41) is 10.1. The molecule has 0 aromatic rings. The Hall–Kier alpha value is -2.82. The molecule has 86 heavy (non-hydrogen) atoms. The van der Waals surface area contributed by atoms with Crippen LogP contribution in [-0.2, 0) is 19.2 Å². The summed E-state index contributed by atoms with van der Waals surface area (Å²) in [6.07, 6.45) is 74.5. The molecule has 0 atom stereocenters. The number of amides is 4. The van der Waals surface area contributed by atoms with Gasteiger partial charge in [-0.3, -0.25) is 19.2 Å². The molecule has 0 heterocycles. The molecule has 0 fully saturated rings. The Morgan fingerprint density at radius 3 is 0.500 bits per heavy atom. The fourth-order valence-electron chi connectivity index (χ4n) is 10.1. The fourth-order valence-corrected chi connectivity index (χ4v) is 10.5. The van der Waals surface area contributed by atoms with Gasteiger partial charge in [-0.05, 0) is 100 Å². The first-order valence-corrected chi connectivity index (χ1v) is 37.3. The minimum Gasteiger partial charge on any atom is -0.376 e. The number of carbonyl (C=O) groups is 4. The first-order chi connectivity index (χ1) is 41.7. The molecular formula is C70H138N8O4S4. The van der Waals surface area contributed by atoms with Gasteiger partial charge >= 0.3 is 0 Å². The Bertz CT molecular complexity index is 1590. The molecule has 0 unspecified atom stereocenters. The van der Waals surface area contributed by atoms with E-state index in [9.17, 15) is 19.2 Å². The molecule has 0 spiro atoms. The fraction of sp³-hybridized carbons (Fsp3) is 0.857. The molecule has 0 aromatic heterocycles. The zero-order valence-corrected chi connectivity index (χ0v) is 59.6. The Morgan fingerprint density at radius 1 is 0.233 bits per heavy atom. The van der Waals surface area contributed by atoms with Gasteiger partial charge < -0.3 is 44.2 Å². The second-order valence-corrected chi connectivity index (χ2v) is 25.7. The highest BCUT2D eigenvalue weighted by atomic mass is 32.1. The summed E-state index contributed by atoms with van der Waals surface area (Å²) < 4.78 is 0. The van der Waals surface area contributed by atoms with Crippen LogP contribution >= 0.6 is 48.9 Å². The number of nitrogens with one attached hydrogen (secondary N) is 4. The highest BCUT2D eigenvalue weighted by Crippen LogP contribution is 2.17. The average Bonchev–Trinajstić information content (AvgIpc) is 3.46. The Morgan fingerprint density at radius 2 is 0.360 bits per heavy atom. The molecule has 4 amide bonds. The lowest BCUT2D eigenvalue weighted by atomic mass is 10.0. The highest BCUT2D eigenvalue weighted by Gasteiger charge is 2.05. The normalized spacial score (nSPS) is 10.7. The lowest BCUT2D eigenvalue weighted by Crippen LogP contribution is -2.34. The minimum atomic E-state index is -0.0601. The van der Waals surface area contributed by atoms with E-state index in [1.54, 1.807) is 0 Å². The van der Waals surface area contributed by atoms with Crippen LogP contribution in [0.1, 0.15) is 387 Å². The van der Waals surface area contributed by atoms with Crippen LogP contribution in [0.15, 0.2) is 12.2 Å². The van der Waals surface area contributed by atoms with Crippen LogP contribution < -0.4 is 44.2 Å². The van der Waals surface area contributed by atoms with Gasteiger partial charge in [0, 0.05) is 25.7 Å². The molecule has 0 radical (unpaired) electrons. The molecule has 0 rings (SSSR count). The van der Waals surface area contributed by atoms with Crippen molar-refractivity contribution in [3.63, 3.8) is 0 Å². The van der Waals surface area contributed by atoms with Gasteiger partial charge in [0.05, 0.1) is 0 Å². The standard InChI is InChI=1S/C19H38N2OS.C19H36N2OS.C17H34N2OS.C15H30N2OS/c2*1-2-3-4-5-6-7-8-9-10-11-12-13-14-15-16-17-18(22)21-19(20)23;1-2-3-4-5-6-7-8-9-10-11-12-13-14-15-16(20)19-17(18)21;1-2-3-4-5-6-7-8-9-10-11-12-13-14(18)17-15(16)19/h2-17H2,1H3,(H3,20,21,22,23);9-10H,2-8,11-17H2,1H3,(H3,20,21,22,23);2-15H2,1H3,(H3,18,19,20,21);2-13H2,1H3,(H3,16,17,18,19)/b;10-9+;;. The second kappa shape index (κ2) is 78.3. The zero-order chi connectivity index (χ0) is 64.5. The Labute approximate surface area is 552 Å². The summed E-state index contributed by atoms with van der Waals surface area (Å²) in [6.45, 7) is 9.05. The summed E-state index contributed by atoms with van der Waals surface area (Å²) in [5.74, 6) is -0.212.